The van der Waals surface area contributed by atoms with Crippen molar-refractivity contribution in [3.05, 3.63) is 47.9 Å². The molecular weight excluding hydrogens is 378 g/mol. The van der Waals surface area contributed by atoms with E-state index in [1.165, 1.54) is 0 Å². The largest absolute Gasteiger partial charge is 0.399 e. The lowest BCUT2D eigenvalue weighted by Gasteiger charge is -2.20. The van der Waals surface area contributed by atoms with Gasteiger partial charge in [0, 0.05) is 37.1 Å². The Balaban J connectivity index is 1.63. The Morgan fingerprint density at radius 2 is 2.13 bits per heavy atom. The Morgan fingerprint density at radius 3 is 2.90 bits per heavy atom. The first kappa shape index (κ1) is 19.9. The fraction of sp³-hybridized carbons (Fsp3) is 0.364. The molecule has 8 heteroatoms. The van der Waals surface area contributed by atoms with Crippen LogP contribution in [0.2, 0.25) is 0 Å². The smallest absolute Gasteiger partial charge is 0.217 e. The van der Waals surface area contributed by atoms with Crippen molar-refractivity contribution in [3.63, 3.8) is 0 Å². The molecule has 0 aliphatic carbocycles. The van der Waals surface area contributed by atoms with Crippen LogP contribution in [0.5, 0.6) is 0 Å². The van der Waals surface area contributed by atoms with Gasteiger partial charge in [0.1, 0.15) is 17.5 Å². The summed E-state index contributed by atoms with van der Waals surface area (Å²) in [5.74, 6) is 2.32. The van der Waals surface area contributed by atoms with Crippen molar-refractivity contribution in [1.82, 2.24) is 20.3 Å². The molecule has 0 radical (unpaired) electrons. The summed E-state index contributed by atoms with van der Waals surface area (Å²) in [4.78, 5) is 27.4. The number of pyridine rings is 1. The standard InChI is InChI=1S/C22H27N7O/c1-13(16-5-4-6-17(23)9-16)25-22-19-10-21(24-11-20(19)26-14(2)27-22)29-8-7-18(12-29)28-15(3)30/h4-6,9-11,13,18H,7-8,12,23H2,1-3H3,(H,28,30)(H,25,26,27)/t13-,18+/m0/s1. The molecule has 1 fully saturated rings. The molecule has 1 saturated heterocycles. The number of hydrogen-bond acceptors (Lipinski definition) is 7. The van der Waals surface area contributed by atoms with Gasteiger partial charge in [-0.25, -0.2) is 15.0 Å². The summed E-state index contributed by atoms with van der Waals surface area (Å²) in [6.45, 7) is 7.10. The highest BCUT2D eigenvalue weighted by Gasteiger charge is 2.24. The number of carbonyl (C=O) groups is 1. The molecule has 1 aliphatic rings. The van der Waals surface area contributed by atoms with Gasteiger partial charge in [-0.15, -0.1) is 0 Å². The predicted octanol–water partition coefficient (Wildman–Crippen LogP) is 2.80. The molecule has 2 aromatic heterocycles. The summed E-state index contributed by atoms with van der Waals surface area (Å²) in [7, 11) is 0. The van der Waals surface area contributed by atoms with Gasteiger partial charge >= 0.3 is 0 Å². The molecule has 30 heavy (non-hydrogen) atoms. The minimum Gasteiger partial charge on any atom is -0.399 e. The normalized spacial score (nSPS) is 17.2. The number of nitrogens with two attached hydrogens (primary N) is 1. The van der Waals surface area contributed by atoms with Crippen LogP contribution < -0.4 is 21.3 Å². The van der Waals surface area contributed by atoms with Crippen molar-refractivity contribution < 1.29 is 4.79 Å². The number of fused-ring (bicyclic) bond motifs is 1. The van der Waals surface area contributed by atoms with Crippen LogP contribution in [0.15, 0.2) is 36.5 Å². The number of benzene rings is 1. The summed E-state index contributed by atoms with van der Waals surface area (Å²) >= 11 is 0. The second-order valence-electron chi connectivity index (χ2n) is 7.85. The fourth-order valence-corrected chi connectivity index (χ4v) is 3.91. The molecule has 156 valence electrons. The van der Waals surface area contributed by atoms with E-state index in [0.717, 1.165) is 53.3 Å². The summed E-state index contributed by atoms with van der Waals surface area (Å²) in [6, 6.07) is 10.0. The van der Waals surface area contributed by atoms with Crippen molar-refractivity contribution >= 4 is 34.1 Å². The van der Waals surface area contributed by atoms with E-state index in [4.69, 9.17) is 5.73 Å². The maximum Gasteiger partial charge on any atom is 0.217 e. The van der Waals surface area contributed by atoms with Crippen LogP contribution in [0, 0.1) is 6.92 Å². The monoisotopic (exact) mass is 405 g/mol. The van der Waals surface area contributed by atoms with Gasteiger partial charge in [0.05, 0.1) is 17.8 Å². The van der Waals surface area contributed by atoms with E-state index in [9.17, 15) is 4.79 Å². The SMILES string of the molecule is CC(=O)N[C@@H]1CCN(c2cc3c(N[C@@H](C)c4cccc(N)c4)nc(C)nc3cn2)C1. The van der Waals surface area contributed by atoms with E-state index in [-0.39, 0.29) is 18.0 Å². The summed E-state index contributed by atoms with van der Waals surface area (Å²) in [5, 5.41) is 7.42. The Hall–Kier alpha value is -3.42. The van der Waals surface area contributed by atoms with Crippen LogP contribution in [0.1, 0.15) is 37.7 Å². The Morgan fingerprint density at radius 1 is 1.30 bits per heavy atom. The van der Waals surface area contributed by atoms with Crippen LogP contribution in [0.3, 0.4) is 0 Å². The van der Waals surface area contributed by atoms with Gasteiger partial charge in [-0.3, -0.25) is 4.79 Å². The zero-order chi connectivity index (χ0) is 21.3. The van der Waals surface area contributed by atoms with Crippen LogP contribution >= 0.6 is 0 Å². The van der Waals surface area contributed by atoms with E-state index in [2.05, 4.69) is 37.4 Å². The molecule has 0 unspecified atom stereocenters. The second kappa shape index (κ2) is 8.14. The van der Waals surface area contributed by atoms with Gasteiger partial charge < -0.3 is 21.3 Å². The average molecular weight is 406 g/mol. The number of aryl methyl sites for hydroxylation is 1. The van der Waals surface area contributed by atoms with E-state index in [0.29, 0.717) is 5.82 Å². The predicted molar refractivity (Wildman–Crippen MR) is 119 cm³/mol. The van der Waals surface area contributed by atoms with E-state index < -0.39 is 0 Å². The number of amides is 1. The number of aromatic nitrogens is 3. The molecule has 1 aliphatic heterocycles. The third kappa shape index (κ3) is 4.27. The highest BCUT2D eigenvalue weighted by molar-refractivity contribution is 5.90. The third-order valence-corrected chi connectivity index (χ3v) is 5.36. The van der Waals surface area contributed by atoms with Gasteiger partial charge in [-0.2, -0.15) is 0 Å². The molecule has 1 amide bonds. The van der Waals surface area contributed by atoms with Crippen molar-refractivity contribution in [2.45, 2.75) is 39.3 Å². The van der Waals surface area contributed by atoms with Gasteiger partial charge in [0.2, 0.25) is 5.91 Å². The molecule has 2 atom stereocenters. The zero-order valence-electron chi connectivity index (χ0n) is 17.5. The second-order valence-corrected chi connectivity index (χ2v) is 7.85. The van der Waals surface area contributed by atoms with Crippen LogP contribution in [-0.4, -0.2) is 40.0 Å². The Bertz CT molecular complexity index is 1080. The quantitative estimate of drug-likeness (QED) is 0.560. The summed E-state index contributed by atoms with van der Waals surface area (Å²) in [5.41, 5.74) is 8.56. The third-order valence-electron chi connectivity index (χ3n) is 5.36. The van der Waals surface area contributed by atoms with Gasteiger partial charge in [0.25, 0.3) is 0 Å². The molecule has 4 N–H and O–H groups in total. The lowest BCUT2D eigenvalue weighted by molar-refractivity contribution is -0.119. The molecular formula is C22H27N7O. The molecule has 8 nitrogen and oxygen atoms in total. The minimum absolute atomic E-state index is 0.000724. The minimum atomic E-state index is -0.000724. The van der Waals surface area contributed by atoms with Crippen LogP contribution in [0.25, 0.3) is 10.9 Å². The number of nitrogens with zero attached hydrogens (tertiary/aromatic N) is 4. The number of rotatable bonds is 5. The first-order valence-electron chi connectivity index (χ1n) is 10.2. The van der Waals surface area contributed by atoms with Crippen LogP contribution in [-0.2, 0) is 4.79 Å². The summed E-state index contributed by atoms with van der Waals surface area (Å²) < 4.78 is 0. The first-order chi connectivity index (χ1) is 14.4. The number of anilines is 3. The molecule has 0 bridgehead atoms. The molecule has 0 saturated carbocycles. The molecule has 3 heterocycles. The van der Waals surface area contributed by atoms with Crippen molar-refractivity contribution in [3.8, 4) is 0 Å². The molecule has 3 aromatic rings. The maximum atomic E-state index is 11.4. The fourth-order valence-electron chi connectivity index (χ4n) is 3.91. The number of nitrogen functional groups attached to an aromatic ring is 1. The van der Waals surface area contributed by atoms with E-state index in [1.54, 1.807) is 13.1 Å². The van der Waals surface area contributed by atoms with Crippen LogP contribution in [0.4, 0.5) is 17.3 Å². The lowest BCUT2D eigenvalue weighted by atomic mass is 10.1. The zero-order valence-corrected chi connectivity index (χ0v) is 17.5. The maximum absolute atomic E-state index is 11.4. The lowest BCUT2D eigenvalue weighted by Crippen LogP contribution is -2.35. The number of carbonyl (C=O) groups excluding carboxylic acids is 1. The van der Waals surface area contributed by atoms with Crippen molar-refractivity contribution in [2.24, 2.45) is 0 Å². The molecule has 0 spiro atoms. The van der Waals surface area contributed by atoms with E-state index in [1.807, 2.05) is 37.3 Å². The Labute approximate surface area is 175 Å². The molecule has 4 rings (SSSR count). The number of nitrogens with one attached hydrogen (secondary N) is 2. The van der Waals surface area contributed by atoms with Gasteiger partial charge in [-0.05, 0) is 44.0 Å². The van der Waals surface area contributed by atoms with E-state index >= 15 is 0 Å². The van der Waals surface area contributed by atoms with Crippen molar-refractivity contribution in [2.75, 3.05) is 29.0 Å². The van der Waals surface area contributed by atoms with Gasteiger partial charge in [-0.1, -0.05) is 12.1 Å². The first-order valence-corrected chi connectivity index (χ1v) is 10.2. The average Bonchev–Trinajstić information content (AvgIpc) is 3.15. The Kier molecular flexibility index (Phi) is 5.39. The number of hydrogen-bond donors (Lipinski definition) is 3. The summed E-state index contributed by atoms with van der Waals surface area (Å²) in [6.07, 6.45) is 2.70. The van der Waals surface area contributed by atoms with Gasteiger partial charge in [0.15, 0.2) is 0 Å². The highest BCUT2D eigenvalue weighted by atomic mass is 16.1. The van der Waals surface area contributed by atoms with Crippen molar-refractivity contribution in [1.29, 1.82) is 0 Å². The molecule has 1 aromatic carbocycles. The topological polar surface area (TPSA) is 109 Å². The highest BCUT2D eigenvalue weighted by Crippen LogP contribution is 2.29.